The maximum atomic E-state index is 8.53. The van der Waals surface area contributed by atoms with Crippen LogP contribution in [0.5, 0.6) is 5.75 Å². The number of hydrogen-bond acceptors (Lipinski definition) is 3. The molecule has 0 heterocycles. The first kappa shape index (κ1) is 16.2. The van der Waals surface area contributed by atoms with Gasteiger partial charge in [0.1, 0.15) is 11.2 Å². The summed E-state index contributed by atoms with van der Waals surface area (Å²) in [6, 6.07) is 3.97. The van der Waals surface area contributed by atoms with Crippen LogP contribution in [0, 0.1) is 10.7 Å². The zero-order valence-electron chi connectivity index (χ0n) is 11.7. The van der Waals surface area contributed by atoms with Gasteiger partial charge in [-0.3, -0.25) is 0 Å². The molecule has 19 heavy (non-hydrogen) atoms. The van der Waals surface area contributed by atoms with E-state index in [1.54, 1.807) is 0 Å². The normalized spacial score (nSPS) is 10.5. The molecule has 104 valence electrons. The van der Waals surface area contributed by atoms with Crippen molar-refractivity contribution in [1.82, 2.24) is 0 Å². The van der Waals surface area contributed by atoms with Gasteiger partial charge in [0.25, 0.3) is 0 Å². The highest BCUT2D eigenvalue weighted by atomic mass is 35.5. The van der Waals surface area contributed by atoms with Crippen LogP contribution in [0.15, 0.2) is 12.1 Å². The van der Waals surface area contributed by atoms with Crippen LogP contribution in [0.1, 0.15) is 44.2 Å². The van der Waals surface area contributed by atoms with E-state index in [1.165, 1.54) is 11.8 Å². The number of thioether (sulfide) groups is 1. The van der Waals surface area contributed by atoms with Gasteiger partial charge < -0.3 is 4.74 Å². The van der Waals surface area contributed by atoms with Crippen LogP contribution >= 0.6 is 23.4 Å². The zero-order valence-corrected chi connectivity index (χ0v) is 13.3. The second-order valence-electron chi connectivity index (χ2n) is 4.61. The molecule has 0 aliphatic rings. The Morgan fingerprint density at radius 1 is 1.42 bits per heavy atom. The molecule has 0 bridgehead atoms. The summed E-state index contributed by atoms with van der Waals surface area (Å²) in [4.78, 5) is 0. The van der Waals surface area contributed by atoms with E-state index in [1.807, 2.05) is 19.1 Å². The molecule has 0 saturated heterocycles. The topological polar surface area (TPSA) is 33.0 Å². The molecule has 0 atom stereocenters. The Morgan fingerprint density at radius 3 is 2.74 bits per heavy atom. The van der Waals surface area contributed by atoms with Crippen molar-refractivity contribution in [3.63, 3.8) is 0 Å². The first-order valence-electron chi connectivity index (χ1n) is 6.56. The van der Waals surface area contributed by atoms with E-state index in [9.17, 15) is 0 Å². The van der Waals surface area contributed by atoms with Gasteiger partial charge in [0, 0.05) is 10.8 Å². The molecule has 0 aliphatic heterocycles. The van der Waals surface area contributed by atoms with Gasteiger partial charge in [0.2, 0.25) is 0 Å². The second kappa shape index (κ2) is 8.35. The lowest BCUT2D eigenvalue weighted by Gasteiger charge is -2.18. The average Bonchev–Trinajstić information content (AvgIpc) is 2.37. The molecule has 4 heteroatoms. The zero-order chi connectivity index (χ0) is 14.3. The summed E-state index contributed by atoms with van der Waals surface area (Å²) in [5.41, 5.74) is 2.31. The summed E-state index contributed by atoms with van der Waals surface area (Å²) in [5.74, 6) is 2.20. The van der Waals surface area contributed by atoms with E-state index in [0.29, 0.717) is 12.5 Å². The van der Waals surface area contributed by atoms with Crippen molar-refractivity contribution in [2.75, 3.05) is 12.4 Å². The molecule has 0 amide bonds. The first-order chi connectivity index (χ1) is 9.10. The van der Waals surface area contributed by atoms with Crippen LogP contribution in [0.4, 0.5) is 0 Å². The molecular formula is C15H20ClNOS. The molecule has 1 aromatic rings. The third-order valence-electron chi connectivity index (χ3n) is 2.83. The van der Waals surface area contributed by atoms with Gasteiger partial charge in [-0.1, -0.05) is 25.4 Å². The number of benzene rings is 1. The lowest BCUT2D eigenvalue weighted by Crippen LogP contribution is -2.03. The highest BCUT2D eigenvalue weighted by molar-refractivity contribution is 8.03. The van der Waals surface area contributed by atoms with E-state index in [-0.39, 0.29) is 0 Å². The van der Waals surface area contributed by atoms with Crippen molar-refractivity contribution in [3.8, 4) is 11.2 Å². The minimum absolute atomic E-state index is 0.382. The summed E-state index contributed by atoms with van der Waals surface area (Å²) in [6.07, 6.45) is 1.85. The van der Waals surface area contributed by atoms with Gasteiger partial charge in [-0.15, -0.1) is 0 Å². The lowest BCUT2D eigenvalue weighted by molar-refractivity contribution is 0.331. The van der Waals surface area contributed by atoms with Gasteiger partial charge in [-0.05, 0) is 60.7 Å². The Labute approximate surface area is 125 Å². The molecule has 0 radical (unpaired) electrons. The standard InChI is InChI=1S/C15H20ClNOS/c1-4-18-15-12(6-5-7-19-10-17)8-13(16)9-14(15)11(2)3/h8-9,11H,4-7H2,1-3H3. The number of hydrogen-bond donors (Lipinski definition) is 0. The second-order valence-corrected chi connectivity index (χ2v) is 5.93. The molecule has 1 rings (SSSR count). The lowest BCUT2D eigenvalue weighted by atomic mass is 9.97. The third-order valence-corrected chi connectivity index (χ3v) is 3.67. The summed E-state index contributed by atoms with van der Waals surface area (Å²) in [5, 5.41) is 11.4. The van der Waals surface area contributed by atoms with Crippen molar-refractivity contribution < 1.29 is 4.74 Å². The Kier molecular flexibility index (Phi) is 7.12. The van der Waals surface area contributed by atoms with E-state index in [4.69, 9.17) is 21.6 Å². The molecule has 0 fully saturated rings. The number of ether oxygens (including phenoxy) is 1. The maximum Gasteiger partial charge on any atom is 0.133 e. The fourth-order valence-electron chi connectivity index (χ4n) is 1.99. The minimum atomic E-state index is 0.382. The van der Waals surface area contributed by atoms with Crippen molar-refractivity contribution in [2.45, 2.75) is 39.5 Å². The highest BCUT2D eigenvalue weighted by Gasteiger charge is 2.14. The van der Waals surface area contributed by atoms with Crippen LogP contribution in [-0.4, -0.2) is 12.4 Å². The van der Waals surface area contributed by atoms with Crippen LogP contribution in [-0.2, 0) is 6.42 Å². The molecule has 0 unspecified atom stereocenters. The summed E-state index contributed by atoms with van der Waals surface area (Å²) in [7, 11) is 0. The third kappa shape index (κ3) is 4.97. The monoisotopic (exact) mass is 297 g/mol. The Bertz CT molecular complexity index is 454. The number of halogens is 1. The van der Waals surface area contributed by atoms with Gasteiger partial charge in [-0.2, -0.15) is 5.26 Å². The Morgan fingerprint density at radius 2 is 2.16 bits per heavy atom. The molecule has 2 nitrogen and oxygen atoms in total. The predicted octanol–water partition coefficient (Wildman–Crippen LogP) is 5.01. The fourth-order valence-corrected chi connectivity index (χ4v) is 2.62. The van der Waals surface area contributed by atoms with Crippen molar-refractivity contribution in [1.29, 1.82) is 5.26 Å². The van der Waals surface area contributed by atoms with Gasteiger partial charge in [-0.25, -0.2) is 0 Å². The van der Waals surface area contributed by atoms with Crippen LogP contribution in [0.3, 0.4) is 0 Å². The van der Waals surface area contributed by atoms with E-state index < -0.39 is 0 Å². The maximum absolute atomic E-state index is 8.53. The van der Waals surface area contributed by atoms with Crippen LogP contribution in [0.2, 0.25) is 5.02 Å². The number of nitrogens with zero attached hydrogens (tertiary/aromatic N) is 1. The summed E-state index contributed by atoms with van der Waals surface area (Å²) in [6.45, 7) is 6.93. The predicted molar refractivity (Wildman–Crippen MR) is 83.1 cm³/mol. The largest absolute Gasteiger partial charge is 0.493 e. The molecule has 0 N–H and O–H groups in total. The highest BCUT2D eigenvalue weighted by Crippen LogP contribution is 2.34. The van der Waals surface area contributed by atoms with Crippen molar-refractivity contribution in [3.05, 3.63) is 28.3 Å². The number of nitriles is 1. The summed E-state index contributed by atoms with van der Waals surface area (Å²) < 4.78 is 5.81. The molecule has 0 saturated carbocycles. The Balaban J connectivity index is 2.96. The van der Waals surface area contributed by atoms with Gasteiger partial charge in [0.05, 0.1) is 6.61 Å². The van der Waals surface area contributed by atoms with Crippen molar-refractivity contribution >= 4 is 23.4 Å². The smallest absolute Gasteiger partial charge is 0.133 e. The SMILES string of the molecule is CCOc1c(CCCSC#N)cc(Cl)cc1C(C)C. The number of rotatable bonds is 7. The molecule has 1 aromatic carbocycles. The van der Waals surface area contributed by atoms with E-state index in [0.717, 1.165) is 40.5 Å². The summed E-state index contributed by atoms with van der Waals surface area (Å²) >= 11 is 7.49. The number of thiocyanates is 1. The first-order valence-corrected chi connectivity index (χ1v) is 7.92. The number of aryl methyl sites for hydroxylation is 1. The molecule has 0 spiro atoms. The van der Waals surface area contributed by atoms with E-state index in [2.05, 4.69) is 19.2 Å². The minimum Gasteiger partial charge on any atom is -0.493 e. The molecule has 0 aromatic heterocycles. The van der Waals surface area contributed by atoms with Gasteiger partial charge >= 0.3 is 0 Å². The average molecular weight is 298 g/mol. The van der Waals surface area contributed by atoms with Crippen molar-refractivity contribution in [2.24, 2.45) is 0 Å². The van der Waals surface area contributed by atoms with Crippen LogP contribution < -0.4 is 4.74 Å². The Hall–Kier alpha value is -0.850. The quantitative estimate of drug-likeness (QED) is 0.524. The molecule has 0 aliphatic carbocycles. The molecular weight excluding hydrogens is 278 g/mol. The van der Waals surface area contributed by atoms with E-state index >= 15 is 0 Å². The fraction of sp³-hybridized carbons (Fsp3) is 0.533. The van der Waals surface area contributed by atoms with Gasteiger partial charge in [0.15, 0.2) is 0 Å². The van der Waals surface area contributed by atoms with Crippen LogP contribution in [0.25, 0.3) is 0 Å².